The summed E-state index contributed by atoms with van der Waals surface area (Å²) in [5.41, 5.74) is 0.102. The minimum absolute atomic E-state index is 0.102. The lowest BCUT2D eigenvalue weighted by molar-refractivity contribution is -0.265. The first-order valence-corrected chi connectivity index (χ1v) is 6.43. The molecule has 0 aromatic carbocycles. The molecule has 1 saturated carbocycles. The second kappa shape index (κ2) is 4.39. The van der Waals surface area contributed by atoms with Gasteiger partial charge in [-0.05, 0) is 32.6 Å². The van der Waals surface area contributed by atoms with Crippen LogP contribution in [0.3, 0.4) is 0 Å². The molecule has 2 rings (SSSR count). The maximum atomic E-state index is 6.21. The standard InChI is InChI=1S/C14H22O2/c1-4-7-13-8-6-9-14(13,15-11-10-13)16-12(3)5-2/h1,12H,5-11H2,2-3H3. The van der Waals surface area contributed by atoms with Gasteiger partial charge in [-0.1, -0.05) is 6.92 Å². The van der Waals surface area contributed by atoms with Crippen molar-refractivity contribution in [2.24, 2.45) is 5.41 Å². The highest BCUT2D eigenvalue weighted by molar-refractivity contribution is 5.08. The van der Waals surface area contributed by atoms with Gasteiger partial charge >= 0.3 is 0 Å². The molecule has 1 saturated heterocycles. The van der Waals surface area contributed by atoms with Crippen LogP contribution in [0.25, 0.3) is 0 Å². The van der Waals surface area contributed by atoms with E-state index in [0.29, 0.717) is 0 Å². The van der Waals surface area contributed by atoms with Gasteiger partial charge < -0.3 is 9.47 Å². The van der Waals surface area contributed by atoms with Crippen LogP contribution in [-0.4, -0.2) is 18.5 Å². The molecule has 0 spiro atoms. The Morgan fingerprint density at radius 3 is 2.94 bits per heavy atom. The average molecular weight is 222 g/mol. The zero-order chi connectivity index (χ0) is 11.6. The number of fused-ring (bicyclic) bond motifs is 1. The van der Waals surface area contributed by atoms with Crippen LogP contribution in [0.4, 0.5) is 0 Å². The van der Waals surface area contributed by atoms with Gasteiger partial charge in [0.05, 0.1) is 12.7 Å². The zero-order valence-electron chi connectivity index (χ0n) is 10.4. The maximum Gasteiger partial charge on any atom is 0.175 e. The summed E-state index contributed by atoms with van der Waals surface area (Å²) in [7, 11) is 0. The highest BCUT2D eigenvalue weighted by Crippen LogP contribution is 2.58. The number of ether oxygens (including phenoxy) is 2. The van der Waals surface area contributed by atoms with Gasteiger partial charge in [0.15, 0.2) is 5.79 Å². The Kier molecular flexibility index (Phi) is 3.28. The van der Waals surface area contributed by atoms with Crippen LogP contribution in [-0.2, 0) is 9.47 Å². The van der Waals surface area contributed by atoms with Crippen molar-refractivity contribution in [1.29, 1.82) is 0 Å². The lowest BCUT2D eigenvalue weighted by Crippen LogP contribution is -2.45. The van der Waals surface area contributed by atoms with Crippen molar-refractivity contribution in [3.05, 3.63) is 0 Å². The molecule has 2 heteroatoms. The minimum atomic E-state index is -0.366. The van der Waals surface area contributed by atoms with Gasteiger partial charge in [-0.15, -0.1) is 12.3 Å². The normalized spacial score (nSPS) is 39.3. The van der Waals surface area contributed by atoms with Gasteiger partial charge in [-0.2, -0.15) is 0 Å². The maximum absolute atomic E-state index is 6.21. The van der Waals surface area contributed by atoms with E-state index in [1.165, 1.54) is 6.42 Å². The predicted molar refractivity (Wildman–Crippen MR) is 63.9 cm³/mol. The highest BCUT2D eigenvalue weighted by Gasteiger charge is 2.60. The first-order valence-electron chi connectivity index (χ1n) is 6.43. The van der Waals surface area contributed by atoms with Gasteiger partial charge in [-0.25, -0.2) is 0 Å². The third kappa shape index (κ3) is 1.67. The van der Waals surface area contributed by atoms with Crippen LogP contribution >= 0.6 is 0 Å². The molecule has 1 heterocycles. The van der Waals surface area contributed by atoms with E-state index in [0.717, 1.165) is 38.7 Å². The third-order valence-corrected chi connectivity index (χ3v) is 4.29. The molecule has 3 atom stereocenters. The Morgan fingerprint density at radius 2 is 2.25 bits per heavy atom. The molecule has 2 fully saturated rings. The SMILES string of the molecule is C#CCC12CCCC1(OC(C)CC)OCC2. The first kappa shape index (κ1) is 12.0. The summed E-state index contributed by atoms with van der Waals surface area (Å²) in [6.45, 7) is 5.07. The number of hydrogen-bond acceptors (Lipinski definition) is 2. The molecule has 1 aliphatic heterocycles. The van der Waals surface area contributed by atoms with E-state index in [4.69, 9.17) is 15.9 Å². The molecule has 90 valence electrons. The van der Waals surface area contributed by atoms with Crippen LogP contribution in [0.2, 0.25) is 0 Å². The van der Waals surface area contributed by atoms with Crippen molar-refractivity contribution in [3.63, 3.8) is 0 Å². The third-order valence-electron chi connectivity index (χ3n) is 4.29. The topological polar surface area (TPSA) is 18.5 Å². The summed E-state index contributed by atoms with van der Waals surface area (Å²) in [4.78, 5) is 0. The predicted octanol–water partition coefficient (Wildman–Crippen LogP) is 3.11. The fourth-order valence-corrected chi connectivity index (χ4v) is 3.20. The molecule has 0 radical (unpaired) electrons. The van der Waals surface area contributed by atoms with Gasteiger partial charge in [0.2, 0.25) is 0 Å². The molecule has 0 aromatic heterocycles. The van der Waals surface area contributed by atoms with E-state index in [1.807, 2.05) is 0 Å². The smallest absolute Gasteiger partial charge is 0.175 e. The van der Waals surface area contributed by atoms with E-state index in [-0.39, 0.29) is 17.3 Å². The Bertz CT molecular complexity index is 280. The van der Waals surface area contributed by atoms with Crippen molar-refractivity contribution in [2.45, 2.75) is 64.3 Å². The summed E-state index contributed by atoms with van der Waals surface area (Å²) < 4.78 is 12.2. The lowest BCUT2D eigenvalue weighted by Gasteiger charge is -2.39. The fraction of sp³-hybridized carbons (Fsp3) is 0.857. The number of hydrogen-bond donors (Lipinski definition) is 0. The van der Waals surface area contributed by atoms with Gasteiger partial charge in [-0.3, -0.25) is 0 Å². The van der Waals surface area contributed by atoms with E-state index < -0.39 is 0 Å². The molecule has 2 aliphatic rings. The molecule has 1 aliphatic carbocycles. The monoisotopic (exact) mass is 222 g/mol. The van der Waals surface area contributed by atoms with Crippen molar-refractivity contribution < 1.29 is 9.47 Å². The summed E-state index contributed by atoms with van der Waals surface area (Å²) in [5.74, 6) is 2.46. The second-order valence-electron chi connectivity index (χ2n) is 5.20. The van der Waals surface area contributed by atoms with Crippen LogP contribution in [0.15, 0.2) is 0 Å². The van der Waals surface area contributed by atoms with Crippen molar-refractivity contribution >= 4 is 0 Å². The molecule has 2 nitrogen and oxygen atoms in total. The summed E-state index contributed by atoms with van der Waals surface area (Å²) in [6.07, 6.45) is 12.0. The Balaban J connectivity index is 2.19. The molecule has 16 heavy (non-hydrogen) atoms. The Hall–Kier alpha value is -0.520. The van der Waals surface area contributed by atoms with Crippen molar-refractivity contribution in [2.75, 3.05) is 6.61 Å². The number of terminal acetylenes is 1. The minimum Gasteiger partial charge on any atom is -0.349 e. The van der Waals surface area contributed by atoms with Crippen LogP contribution in [0, 0.1) is 17.8 Å². The first-order chi connectivity index (χ1) is 7.68. The van der Waals surface area contributed by atoms with E-state index in [2.05, 4.69) is 19.8 Å². The Labute approximate surface area is 98.7 Å². The quantitative estimate of drug-likeness (QED) is 0.680. The molecule has 0 amide bonds. The number of rotatable bonds is 4. The van der Waals surface area contributed by atoms with Crippen LogP contribution in [0.5, 0.6) is 0 Å². The van der Waals surface area contributed by atoms with E-state index >= 15 is 0 Å². The zero-order valence-corrected chi connectivity index (χ0v) is 10.4. The lowest BCUT2D eigenvalue weighted by atomic mass is 9.77. The van der Waals surface area contributed by atoms with Crippen molar-refractivity contribution in [3.8, 4) is 12.3 Å². The molecule has 3 unspecified atom stereocenters. The summed E-state index contributed by atoms with van der Waals surface area (Å²) >= 11 is 0. The van der Waals surface area contributed by atoms with Crippen LogP contribution < -0.4 is 0 Å². The summed E-state index contributed by atoms with van der Waals surface area (Å²) in [6, 6.07) is 0. The van der Waals surface area contributed by atoms with Gasteiger partial charge in [0.25, 0.3) is 0 Å². The largest absolute Gasteiger partial charge is 0.349 e. The van der Waals surface area contributed by atoms with Gasteiger partial charge in [0.1, 0.15) is 0 Å². The molecular weight excluding hydrogens is 200 g/mol. The second-order valence-corrected chi connectivity index (χ2v) is 5.20. The van der Waals surface area contributed by atoms with E-state index in [9.17, 15) is 0 Å². The average Bonchev–Trinajstić information content (AvgIpc) is 2.72. The molecule has 0 N–H and O–H groups in total. The molecule has 0 aromatic rings. The Morgan fingerprint density at radius 1 is 1.44 bits per heavy atom. The highest BCUT2D eigenvalue weighted by atomic mass is 16.7. The molecule has 0 bridgehead atoms. The van der Waals surface area contributed by atoms with Gasteiger partial charge in [0, 0.05) is 18.3 Å². The fourth-order valence-electron chi connectivity index (χ4n) is 3.20. The molecular formula is C14H22O2. The van der Waals surface area contributed by atoms with Crippen LogP contribution in [0.1, 0.15) is 52.4 Å². The summed E-state index contributed by atoms with van der Waals surface area (Å²) in [5, 5.41) is 0. The van der Waals surface area contributed by atoms with Crippen molar-refractivity contribution in [1.82, 2.24) is 0 Å². The van der Waals surface area contributed by atoms with E-state index in [1.54, 1.807) is 0 Å².